The number of carbonyl (C=O) groups excluding carboxylic acids is 1. The molecule has 1 saturated heterocycles. The van der Waals surface area contributed by atoms with Gasteiger partial charge in [-0.05, 0) is 30.2 Å². The Hall–Kier alpha value is -1.75. The minimum absolute atomic E-state index is 0.0292. The standard InChI is InChI=1S/C16H24N2O3/c1-12(2)15(20)11-16(21)18-9-7-17(8-10-18)13-3-5-14(19)6-4-13/h3-6,12,15,19-20H,7-11H2,1-2H3. The van der Waals surface area contributed by atoms with Crippen LogP contribution in [0.1, 0.15) is 20.3 Å². The first-order valence-corrected chi connectivity index (χ1v) is 7.47. The summed E-state index contributed by atoms with van der Waals surface area (Å²) in [5, 5.41) is 19.1. The van der Waals surface area contributed by atoms with Crippen molar-refractivity contribution in [1.82, 2.24) is 4.90 Å². The molecule has 0 radical (unpaired) electrons. The molecule has 5 nitrogen and oxygen atoms in total. The van der Waals surface area contributed by atoms with Gasteiger partial charge in [-0.2, -0.15) is 0 Å². The number of piperazine rings is 1. The number of aliphatic hydroxyl groups is 1. The molecule has 0 saturated carbocycles. The lowest BCUT2D eigenvalue weighted by atomic mass is 10.0. The highest BCUT2D eigenvalue weighted by Gasteiger charge is 2.23. The van der Waals surface area contributed by atoms with Crippen molar-refractivity contribution in [1.29, 1.82) is 0 Å². The van der Waals surface area contributed by atoms with Crippen molar-refractivity contribution in [3.8, 4) is 5.75 Å². The van der Waals surface area contributed by atoms with Gasteiger partial charge in [0.05, 0.1) is 12.5 Å². The van der Waals surface area contributed by atoms with E-state index in [0.29, 0.717) is 13.1 Å². The van der Waals surface area contributed by atoms with Gasteiger partial charge < -0.3 is 20.0 Å². The molecule has 116 valence electrons. The summed E-state index contributed by atoms with van der Waals surface area (Å²) in [5.74, 6) is 0.393. The summed E-state index contributed by atoms with van der Waals surface area (Å²) in [7, 11) is 0. The number of rotatable bonds is 4. The van der Waals surface area contributed by atoms with Crippen LogP contribution in [0.5, 0.6) is 5.75 Å². The highest BCUT2D eigenvalue weighted by Crippen LogP contribution is 2.20. The zero-order valence-corrected chi connectivity index (χ0v) is 12.7. The molecule has 0 aliphatic carbocycles. The van der Waals surface area contributed by atoms with Gasteiger partial charge in [0.1, 0.15) is 5.75 Å². The molecule has 1 aliphatic rings. The number of amides is 1. The summed E-state index contributed by atoms with van der Waals surface area (Å²) in [4.78, 5) is 16.1. The third kappa shape index (κ3) is 4.11. The van der Waals surface area contributed by atoms with Crippen molar-refractivity contribution in [2.45, 2.75) is 26.4 Å². The van der Waals surface area contributed by atoms with Crippen LogP contribution < -0.4 is 4.90 Å². The number of phenols is 1. The molecule has 0 bridgehead atoms. The number of carbonyl (C=O) groups is 1. The van der Waals surface area contributed by atoms with Crippen molar-refractivity contribution >= 4 is 11.6 Å². The summed E-state index contributed by atoms with van der Waals surface area (Å²) < 4.78 is 0. The van der Waals surface area contributed by atoms with E-state index in [2.05, 4.69) is 4.90 Å². The number of aromatic hydroxyl groups is 1. The van der Waals surface area contributed by atoms with Crippen LogP contribution in [0.15, 0.2) is 24.3 Å². The van der Waals surface area contributed by atoms with E-state index in [1.165, 1.54) is 0 Å². The van der Waals surface area contributed by atoms with Gasteiger partial charge in [0, 0.05) is 31.9 Å². The second kappa shape index (κ2) is 6.80. The Morgan fingerprint density at radius 3 is 2.24 bits per heavy atom. The molecule has 5 heteroatoms. The summed E-state index contributed by atoms with van der Waals surface area (Å²) in [6.45, 7) is 6.72. The van der Waals surface area contributed by atoms with Crippen LogP contribution in [0.2, 0.25) is 0 Å². The molecular formula is C16H24N2O3. The highest BCUT2D eigenvalue weighted by atomic mass is 16.3. The van der Waals surface area contributed by atoms with E-state index in [1.54, 1.807) is 12.1 Å². The van der Waals surface area contributed by atoms with Crippen LogP contribution in [-0.4, -0.2) is 53.3 Å². The maximum atomic E-state index is 12.1. The molecule has 21 heavy (non-hydrogen) atoms. The topological polar surface area (TPSA) is 64.0 Å². The van der Waals surface area contributed by atoms with E-state index in [4.69, 9.17) is 0 Å². The van der Waals surface area contributed by atoms with Crippen LogP contribution in [0.25, 0.3) is 0 Å². The van der Waals surface area contributed by atoms with Crippen molar-refractivity contribution < 1.29 is 15.0 Å². The Bertz CT molecular complexity index is 465. The zero-order valence-electron chi connectivity index (χ0n) is 12.7. The third-order valence-corrected chi connectivity index (χ3v) is 4.00. The fraction of sp³-hybridized carbons (Fsp3) is 0.562. The predicted octanol–water partition coefficient (Wildman–Crippen LogP) is 1.45. The summed E-state index contributed by atoms with van der Waals surface area (Å²) in [5.41, 5.74) is 1.06. The Labute approximate surface area is 125 Å². The van der Waals surface area contributed by atoms with Gasteiger partial charge in [-0.15, -0.1) is 0 Å². The lowest BCUT2D eigenvalue weighted by molar-refractivity contribution is -0.134. The molecule has 1 aromatic rings. The van der Waals surface area contributed by atoms with Gasteiger partial charge in [0.15, 0.2) is 0 Å². The Balaban J connectivity index is 1.85. The highest BCUT2D eigenvalue weighted by molar-refractivity contribution is 5.77. The lowest BCUT2D eigenvalue weighted by Crippen LogP contribution is -2.49. The van der Waals surface area contributed by atoms with Gasteiger partial charge in [-0.1, -0.05) is 13.8 Å². The number of hydrogen-bond donors (Lipinski definition) is 2. The summed E-state index contributed by atoms with van der Waals surface area (Å²) in [6.07, 6.45) is -0.357. The van der Waals surface area contributed by atoms with Crippen molar-refractivity contribution in [3.05, 3.63) is 24.3 Å². The Morgan fingerprint density at radius 2 is 1.71 bits per heavy atom. The maximum Gasteiger partial charge on any atom is 0.225 e. The number of aliphatic hydroxyl groups excluding tert-OH is 1. The van der Waals surface area contributed by atoms with Crippen LogP contribution in [0.3, 0.4) is 0 Å². The van der Waals surface area contributed by atoms with Crippen LogP contribution >= 0.6 is 0 Å². The van der Waals surface area contributed by atoms with Crippen LogP contribution in [-0.2, 0) is 4.79 Å². The minimum atomic E-state index is -0.562. The van der Waals surface area contributed by atoms with Gasteiger partial charge in [-0.25, -0.2) is 0 Å². The van der Waals surface area contributed by atoms with E-state index < -0.39 is 6.10 Å². The average molecular weight is 292 g/mol. The van der Waals surface area contributed by atoms with E-state index in [9.17, 15) is 15.0 Å². The molecule has 1 atom stereocenters. The van der Waals surface area contributed by atoms with E-state index in [0.717, 1.165) is 18.8 Å². The Morgan fingerprint density at radius 1 is 1.14 bits per heavy atom. The molecule has 0 aromatic heterocycles. The van der Waals surface area contributed by atoms with Gasteiger partial charge in [0.2, 0.25) is 5.91 Å². The predicted molar refractivity (Wildman–Crippen MR) is 82.4 cm³/mol. The molecule has 0 spiro atoms. The van der Waals surface area contributed by atoms with Crippen molar-refractivity contribution in [2.24, 2.45) is 5.92 Å². The summed E-state index contributed by atoms with van der Waals surface area (Å²) >= 11 is 0. The average Bonchev–Trinajstić information content (AvgIpc) is 2.48. The fourth-order valence-corrected chi connectivity index (χ4v) is 2.42. The lowest BCUT2D eigenvalue weighted by Gasteiger charge is -2.36. The van der Waals surface area contributed by atoms with Gasteiger partial charge >= 0.3 is 0 Å². The molecule has 1 aromatic carbocycles. The van der Waals surface area contributed by atoms with E-state index >= 15 is 0 Å². The molecule has 1 amide bonds. The first-order valence-electron chi connectivity index (χ1n) is 7.47. The fourth-order valence-electron chi connectivity index (χ4n) is 2.42. The minimum Gasteiger partial charge on any atom is -0.508 e. The number of phenolic OH excluding ortho intramolecular Hbond substituents is 1. The van der Waals surface area contributed by atoms with Crippen LogP contribution in [0, 0.1) is 5.92 Å². The Kier molecular flexibility index (Phi) is 5.07. The quantitative estimate of drug-likeness (QED) is 0.881. The molecule has 1 heterocycles. The molecule has 2 N–H and O–H groups in total. The molecule has 1 unspecified atom stereocenters. The second-order valence-electron chi connectivity index (χ2n) is 5.90. The monoisotopic (exact) mass is 292 g/mol. The molecule has 1 fully saturated rings. The van der Waals surface area contributed by atoms with Crippen molar-refractivity contribution in [3.63, 3.8) is 0 Å². The number of nitrogens with zero attached hydrogens (tertiary/aromatic N) is 2. The smallest absolute Gasteiger partial charge is 0.225 e. The first-order chi connectivity index (χ1) is 9.97. The zero-order chi connectivity index (χ0) is 15.4. The van der Waals surface area contributed by atoms with E-state index in [-0.39, 0.29) is 24.0 Å². The second-order valence-corrected chi connectivity index (χ2v) is 5.90. The molecular weight excluding hydrogens is 268 g/mol. The van der Waals surface area contributed by atoms with Gasteiger partial charge in [-0.3, -0.25) is 4.79 Å². The number of hydrogen-bond acceptors (Lipinski definition) is 4. The van der Waals surface area contributed by atoms with Crippen molar-refractivity contribution in [2.75, 3.05) is 31.1 Å². The normalized spacial score (nSPS) is 17.1. The summed E-state index contributed by atoms with van der Waals surface area (Å²) in [6, 6.07) is 7.11. The first kappa shape index (κ1) is 15.6. The largest absolute Gasteiger partial charge is 0.508 e. The third-order valence-electron chi connectivity index (χ3n) is 4.00. The SMILES string of the molecule is CC(C)C(O)CC(=O)N1CCN(c2ccc(O)cc2)CC1. The number of anilines is 1. The molecule has 1 aliphatic heterocycles. The maximum absolute atomic E-state index is 12.1. The van der Waals surface area contributed by atoms with Crippen LogP contribution in [0.4, 0.5) is 5.69 Å². The van der Waals surface area contributed by atoms with Gasteiger partial charge in [0.25, 0.3) is 0 Å². The molecule has 2 rings (SSSR count). The van der Waals surface area contributed by atoms with E-state index in [1.807, 2.05) is 30.9 Å². The number of benzene rings is 1.